The highest BCUT2D eigenvalue weighted by atomic mass is 32.1. The van der Waals surface area contributed by atoms with Crippen LogP contribution in [0, 0.1) is 5.82 Å². The van der Waals surface area contributed by atoms with Gasteiger partial charge in [-0.25, -0.2) is 4.39 Å². The summed E-state index contributed by atoms with van der Waals surface area (Å²) in [5.74, 6) is -0.125. The fraction of sp³-hybridized carbons (Fsp3) is 0.0667. The monoisotopic (exact) mass is 303 g/mol. The molecule has 0 atom stereocenters. The first-order chi connectivity index (χ1) is 10.1. The van der Waals surface area contributed by atoms with Crippen LogP contribution in [0.1, 0.15) is 11.1 Å². The smallest absolute Gasteiger partial charge is 0.187 e. The molecule has 0 spiro atoms. The van der Waals surface area contributed by atoms with Crippen molar-refractivity contribution in [2.75, 3.05) is 0 Å². The second-order valence-corrected chi connectivity index (χ2v) is 4.65. The zero-order valence-corrected chi connectivity index (χ0v) is 11.9. The fourth-order valence-corrected chi connectivity index (χ4v) is 1.71. The molecule has 0 aliphatic heterocycles. The van der Waals surface area contributed by atoms with Crippen molar-refractivity contribution < 1.29 is 9.50 Å². The fourth-order valence-electron chi connectivity index (χ4n) is 1.58. The number of phenols is 1. The van der Waals surface area contributed by atoms with Gasteiger partial charge in [-0.2, -0.15) is 5.10 Å². The highest BCUT2D eigenvalue weighted by Crippen LogP contribution is 2.12. The van der Waals surface area contributed by atoms with Gasteiger partial charge in [0.25, 0.3) is 0 Å². The van der Waals surface area contributed by atoms with Crippen LogP contribution in [-0.2, 0) is 6.54 Å². The Balaban J connectivity index is 1.80. The second-order valence-electron chi connectivity index (χ2n) is 4.24. The number of nitrogens with one attached hydrogen (secondary N) is 2. The summed E-state index contributed by atoms with van der Waals surface area (Å²) in [7, 11) is 0. The minimum Gasteiger partial charge on any atom is -0.507 e. The Morgan fingerprint density at radius 3 is 2.62 bits per heavy atom. The number of hydrazone groups is 1. The number of rotatable bonds is 4. The van der Waals surface area contributed by atoms with Gasteiger partial charge in [-0.15, -0.1) is 0 Å². The maximum Gasteiger partial charge on any atom is 0.187 e. The van der Waals surface area contributed by atoms with E-state index in [9.17, 15) is 9.50 Å². The molecule has 0 aromatic heterocycles. The predicted molar refractivity (Wildman–Crippen MR) is 84.7 cm³/mol. The average molecular weight is 303 g/mol. The lowest BCUT2D eigenvalue weighted by atomic mass is 10.2. The van der Waals surface area contributed by atoms with Crippen molar-refractivity contribution in [3.05, 3.63) is 65.5 Å². The second kappa shape index (κ2) is 7.35. The van der Waals surface area contributed by atoms with E-state index in [1.165, 1.54) is 18.3 Å². The van der Waals surface area contributed by atoms with Crippen LogP contribution < -0.4 is 10.7 Å². The maximum atomic E-state index is 12.7. The Morgan fingerprint density at radius 1 is 1.19 bits per heavy atom. The summed E-state index contributed by atoms with van der Waals surface area (Å²) in [5, 5.41) is 16.8. The lowest BCUT2D eigenvalue weighted by Crippen LogP contribution is -2.31. The van der Waals surface area contributed by atoms with Crippen molar-refractivity contribution in [2.45, 2.75) is 6.54 Å². The third-order valence-corrected chi connectivity index (χ3v) is 2.91. The molecule has 0 heterocycles. The van der Waals surface area contributed by atoms with Crippen molar-refractivity contribution in [1.29, 1.82) is 0 Å². The number of aromatic hydroxyl groups is 1. The summed E-state index contributed by atoms with van der Waals surface area (Å²) in [4.78, 5) is 0. The highest BCUT2D eigenvalue weighted by molar-refractivity contribution is 7.80. The first kappa shape index (κ1) is 14.9. The van der Waals surface area contributed by atoms with Gasteiger partial charge in [0, 0.05) is 12.1 Å². The van der Waals surface area contributed by atoms with Gasteiger partial charge in [0.15, 0.2) is 5.11 Å². The van der Waals surface area contributed by atoms with Gasteiger partial charge in [-0.3, -0.25) is 5.43 Å². The number of halogens is 1. The zero-order chi connectivity index (χ0) is 15.1. The van der Waals surface area contributed by atoms with E-state index in [0.29, 0.717) is 17.2 Å². The number of para-hydroxylation sites is 1. The first-order valence-corrected chi connectivity index (χ1v) is 6.65. The molecule has 108 valence electrons. The summed E-state index contributed by atoms with van der Waals surface area (Å²) in [6, 6.07) is 13.0. The van der Waals surface area contributed by atoms with Crippen LogP contribution in [0.25, 0.3) is 0 Å². The Bertz CT molecular complexity index is 644. The molecule has 0 unspecified atom stereocenters. The standard InChI is InChI=1S/C15H14FN3OS/c16-13-7-5-11(6-8-13)9-17-15(21)19-18-10-12-3-1-2-4-14(12)20/h1-8,10,20H,9H2,(H2,17,19,21)/b18-10+. The molecule has 0 amide bonds. The molecule has 0 aliphatic rings. The number of nitrogens with zero attached hydrogens (tertiary/aromatic N) is 1. The summed E-state index contributed by atoms with van der Waals surface area (Å²) in [6.45, 7) is 0.470. The molecule has 0 saturated carbocycles. The molecule has 21 heavy (non-hydrogen) atoms. The summed E-state index contributed by atoms with van der Waals surface area (Å²) < 4.78 is 12.7. The van der Waals surface area contributed by atoms with E-state index in [1.54, 1.807) is 36.4 Å². The average Bonchev–Trinajstić information content (AvgIpc) is 2.49. The maximum absolute atomic E-state index is 12.7. The predicted octanol–water partition coefficient (Wildman–Crippen LogP) is 2.53. The number of benzene rings is 2. The number of hydrogen-bond acceptors (Lipinski definition) is 3. The van der Waals surface area contributed by atoms with Crippen LogP contribution in [0.4, 0.5) is 4.39 Å². The van der Waals surface area contributed by atoms with Crippen LogP contribution in [0.3, 0.4) is 0 Å². The molecule has 2 rings (SSSR count). The van der Waals surface area contributed by atoms with Crippen LogP contribution >= 0.6 is 12.2 Å². The SMILES string of the molecule is Oc1ccccc1/C=N/NC(=S)NCc1ccc(F)cc1. The summed E-state index contributed by atoms with van der Waals surface area (Å²) in [6.07, 6.45) is 1.47. The molecule has 4 nitrogen and oxygen atoms in total. The molecular weight excluding hydrogens is 289 g/mol. The van der Waals surface area contributed by atoms with E-state index < -0.39 is 0 Å². The number of thiocarbonyl (C=S) groups is 1. The highest BCUT2D eigenvalue weighted by Gasteiger charge is 1.97. The van der Waals surface area contributed by atoms with Crippen molar-refractivity contribution in [3.8, 4) is 5.75 Å². The molecule has 3 N–H and O–H groups in total. The lowest BCUT2D eigenvalue weighted by Gasteiger charge is -2.07. The van der Waals surface area contributed by atoms with Gasteiger partial charge in [-0.1, -0.05) is 24.3 Å². The molecule has 0 fully saturated rings. The summed E-state index contributed by atoms with van der Waals surface area (Å²) >= 11 is 5.05. The number of phenolic OH excluding ortho intramolecular Hbond substituents is 1. The lowest BCUT2D eigenvalue weighted by molar-refractivity contribution is 0.474. The largest absolute Gasteiger partial charge is 0.507 e. The Hall–Kier alpha value is -2.47. The minimum atomic E-state index is -0.272. The third-order valence-electron chi connectivity index (χ3n) is 2.67. The Kier molecular flexibility index (Phi) is 5.22. The summed E-state index contributed by atoms with van der Waals surface area (Å²) in [5.41, 5.74) is 4.14. The van der Waals surface area contributed by atoms with Crippen molar-refractivity contribution >= 4 is 23.5 Å². The van der Waals surface area contributed by atoms with E-state index in [-0.39, 0.29) is 11.6 Å². The minimum absolute atomic E-state index is 0.147. The van der Waals surface area contributed by atoms with Gasteiger partial charge < -0.3 is 10.4 Å². The van der Waals surface area contributed by atoms with E-state index in [1.807, 2.05) is 0 Å². The van der Waals surface area contributed by atoms with E-state index in [0.717, 1.165) is 5.56 Å². The zero-order valence-electron chi connectivity index (χ0n) is 11.1. The molecule has 0 aliphatic carbocycles. The van der Waals surface area contributed by atoms with Crippen LogP contribution in [-0.4, -0.2) is 16.4 Å². The molecule has 0 radical (unpaired) electrons. The van der Waals surface area contributed by atoms with Crippen LogP contribution in [0.2, 0.25) is 0 Å². The molecular formula is C15H14FN3OS. The van der Waals surface area contributed by atoms with Crippen molar-refractivity contribution in [2.24, 2.45) is 5.10 Å². The van der Waals surface area contributed by atoms with Crippen LogP contribution in [0.15, 0.2) is 53.6 Å². The van der Waals surface area contributed by atoms with E-state index in [2.05, 4.69) is 15.8 Å². The van der Waals surface area contributed by atoms with Gasteiger partial charge in [0.2, 0.25) is 0 Å². The molecule has 6 heteroatoms. The normalized spacial score (nSPS) is 10.5. The molecule has 2 aromatic carbocycles. The van der Waals surface area contributed by atoms with Gasteiger partial charge >= 0.3 is 0 Å². The van der Waals surface area contributed by atoms with Gasteiger partial charge in [0.1, 0.15) is 11.6 Å². The van der Waals surface area contributed by atoms with Crippen molar-refractivity contribution in [1.82, 2.24) is 10.7 Å². The topological polar surface area (TPSA) is 56.7 Å². The van der Waals surface area contributed by atoms with E-state index >= 15 is 0 Å². The Labute approximate surface area is 127 Å². The molecule has 2 aromatic rings. The quantitative estimate of drug-likeness (QED) is 0.461. The van der Waals surface area contributed by atoms with E-state index in [4.69, 9.17) is 12.2 Å². The number of hydrogen-bond donors (Lipinski definition) is 3. The molecule has 0 saturated heterocycles. The molecule has 0 bridgehead atoms. The van der Waals surface area contributed by atoms with Crippen LogP contribution in [0.5, 0.6) is 5.75 Å². The first-order valence-electron chi connectivity index (χ1n) is 6.24. The third kappa shape index (κ3) is 4.85. The Morgan fingerprint density at radius 2 is 1.90 bits per heavy atom. The van der Waals surface area contributed by atoms with Gasteiger partial charge in [0.05, 0.1) is 6.21 Å². The van der Waals surface area contributed by atoms with Gasteiger partial charge in [-0.05, 0) is 42.0 Å². The van der Waals surface area contributed by atoms with Crippen molar-refractivity contribution in [3.63, 3.8) is 0 Å².